The van der Waals surface area contributed by atoms with Gasteiger partial charge in [0, 0.05) is 16.3 Å². The van der Waals surface area contributed by atoms with Gasteiger partial charge in [-0.1, -0.05) is 12.1 Å². The molecule has 10 heteroatoms. The minimum absolute atomic E-state index is 0.226. The highest BCUT2D eigenvalue weighted by molar-refractivity contribution is 7.87. The van der Waals surface area contributed by atoms with Gasteiger partial charge in [-0.05, 0) is 56.3 Å². The molecule has 0 bridgehead atoms. The Kier molecular flexibility index (Phi) is 6.61. The summed E-state index contributed by atoms with van der Waals surface area (Å²) in [6.45, 7) is 5.45. The van der Waals surface area contributed by atoms with Gasteiger partial charge in [-0.15, -0.1) is 11.3 Å². The lowest BCUT2D eigenvalue weighted by Crippen LogP contribution is -2.28. The molecule has 0 saturated carbocycles. The average Bonchev–Trinajstić information content (AvgIpc) is 3.29. The van der Waals surface area contributed by atoms with Gasteiger partial charge in [0.1, 0.15) is 16.5 Å². The Labute approximate surface area is 183 Å². The van der Waals surface area contributed by atoms with Crippen molar-refractivity contribution in [3.05, 3.63) is 57.0 Å². The van der Waals surface area contributed by atoms with Crippen molar-refractivity contribution >= 4 is 44.6 Å². The molecule has 3 rings (SSSR count). The zero-order valence-corrected chi connectivity index (χ0v) is 19.1. The second kappa shape index (κ2) is 8.84. The Bertz CT molecular complexity index is 1100. The largest absolute Gasteiger partial charge is 0.459 e. The summed E-state index contributed by atoms with van der Waals surface area (Å²) >= 11 is 2.99. The number of carbonyl (C=O) groups excluding carboxylic acids is 1. The number of ether oxygens (including phenoxy) is 1. The highest BCUT2D eigenvalue weighted by Crippen LogP contribution is 2.31. The van der Waals surface area contributed by atoms with E-state index in [2.05, 4.69) is 4.98 Å². The van der Waals surface area contributed by atoms with Gasteiger partial charge in [-0.2, -0.15) is 19.8 Å². The number of benzene rings is 1. The number of anilines is 1. The standard InChI is InChI=1S/C20H22N2O5S3/c1-20(2,3)27-19(23)16(18-21-17(12-29-18)14-8-9-28-11-14)10-13-4-6-15(7-5-13)22-30(24,25)26/h4-9,11-12,16,22H,10H2,1-3H3,(H,24,25,26)/t16-/m1/s1. The maximum atomic E-state index is 12.9. The number of nitrogens with zero attached hydrogens (tertiary/aromatic N) is 1. The molecule has 0 aliphatic carbocycles. The summed E-state index contributed by atoms with van der Waals surface area (Å²) < 4.78 is 38.4. The van der Waals surface area contributed by atoms with Gasteiger partial charge in [-0.25, -0.2) is 4.98 Å². The van der Waals surface area contributed by atoms with Gasteiger partial charge in [0.05, 0.1) is 11.4 Å². The SMILES string of the molecule is CC(C)(C)OC(=O)[C@H](Cc1ccc(NS(=O)(=O)O)cc1)c1nc(-c2ccsc2)cs1. The van der Waals surface area contributed by atoms with Gasteiger partial charge in [0.25, 0.3) is 0 Å². The van der Waals surface area contributed by atoms with Crippen LogP contribution in [0.4, 0.5) is 5.69 Å². The number of rotatable bonds is 7. The van der Waals surface area contributed by atoms with Crippen LogP contribution in [0.25, 0.3) is 11.3 Å². The van der Waals surface area contributed by atoms with Crippen LogP contribution in [0.2, 0.25) is 0 Å². The topological polar surface area (TPSA) is 106 Å². The molecule has 1 aromatic carbocycles. The predicted octanol–water partition coefficient (Wildman–Crippen LogP) is 4.75. The van der Waals surface area contributed by atoms with Gasteiger partial charge in [0.15, 0.2) is 0 Å². The van der Waals surface area contributed by atoms with E-state index in [1.807, 2.05) is 47.7 Å². The molecule has 0 spiro atoms. The van der Waals surface area contributed by atoms with E-state index in [-0.39, 0.29) is 11.7 Å². The molecule has 0 aliphatic rings. The quantitative estimate of drug-likeness (QED) is 0.384. The first-order chi connectivity index (χ1) is 14.0. The van der Waals surface area contributed by atoms with Crippen LogP contribution in [0.1, 0.15) is 37.3 Å². The van der Waals surface area contributed by atoms with E-state index in [4.69, 9.17) is 9.29 Å². The summed E-state index contributed by atoms with van der Waals surface area (Å²) in [6, 6.07) is 8.41. The molecule has 0 fully saturated rings. The second-order valence-corrected chi connectivity index (χ2v) is 10.5. The lowest BCUT2D eigenvalue weighted by atomic mass is 9.99. The van der Waals surface area contributed by atoms with Crippen LogP contribution in [0, 0.1) is 0 Å². The van der Waals surface area contributed by atoms with Gasteiger partial charge in [0.2, 0.25) is 0 Å². The Morgan fingerprint density at radius 2 is 1.90 bits per heavy atom. The number of thiophene rings is 1. The summed E-state index contributed by atoms with van der Waals surface area (Å²) in [5.74, 6) is -0.962. The number of esters is 1. The number of thiazole rings is 1. The molecule has 1 atom stereocenters. The van der Waals surface area contributed by atoms with E-state index in [1.165, 1.54) is 23.5 Å². The lowest BCUT2D eigenvalue weighted by Gasteiger charge is -2.23. The van der Waals surface area contributed by atoms with Crippen molar-refractivity contribution < 1.29 is 22.5 Å². The van der Waals surface area contributed by atoms with Crippen molar-refractivity contribution in [1.82, 2.24) is 4.98 Å². The Balaban J connectivity index is 1.86. The normalized spacial score (nSPS) is 13.1. The number of hydrogen-bond donors (Lipinski definition) is 2. The van der Waals surface area contributed by atoms with E-state index in [1.54, 1.807) is 23.5 Å². The number of nitrogens with one attached hydrogen (secondary N) is 1. The predicted molar refractivity (Wildman–Crippen MR) is 119 cm³/mol. The Morgan fingerprint density at radius 3 is 2.47 bits per heavy atom. The van der Waals surface area contributed by atoms with E-state index in [0.29, 0.717) is 11.4 Å². The van der Waals surface area contributed by atoms with Crippen molar-refractivity contribution in [2.75, 3.05) is 4.72 Å². The number of aromatic nitrogens is 1. The molecule has 0 saturated heterocycles. The third-order valence-electron chi connectivity index (χ3n) is 3.97. The minimum Gasteiger partial charge on any atom is -0.459 e. The summed E-state index contributed by atoms with van der Waals surface area (Å²) in [4.78, 5) is 17.6. The van der Waals surface area contributed by atoms with E-state index in [0.717, 1.165) is 16.8 Å². The fourth-order valence-electron chi connectivity index (χ4n) is 2.73. The van der Waals surface area contributed by atoms with Gasteiger partial charge in [-0.3, -0.25) is 14.1 Å². The van der Waals surface area contributed by atoms with Gasteiger partial charge < -0.3 is 4.74 Å². The molecule has 2 heterocycles. The first-order valence-corrected chi connectivity index (χ1v) is 12.3. The fourth-order valence-corrected chi connectivity index (χ4v) is 4.73. The van der Waals surface area contributed by atoms with Crippen LogP contribution < -0.4 is 4.72 Å². The van der Waals surface area contributed by atoms with Gasteiger partial charge >= 0.3 is 16.3 Å². The number of hydrogen-bond acceptors (Lipinski definition) is 7. The van der Waals surface area contributed by atoms with Crippen LogP contribution in [0.5, 0.6) is 0 Å². The summed E-state index contributed by atoms with van der Waals surface area (Å²) in [6.07, 6.45) is 0.345. The molecule has 2 N–H and O–H groups in total. The fraction of sp³-hybridized carbons (Fsp3) is 0.300. The third-order valence-corrected chi connectivity index (χ3v) is 6.10. The van der Waals surface area contributed by atoms with Crippen molar-refractivity contribution in [2.45, 2.75) is 38.7 Å². The Morgan fingerprint density at radius 1 is 1.20 bits per heavy atom. The highest BCUT2D eigenvalue weighted by Gasteiger charge is 2.29. The van der Waals surface area contributed by atoms with Crippen LogP contribution in [-0.4, -0.2) is 29.5 Å². The van der Waals surface area contributed by atoms with Crippen molar-refractivity contribution in [1.29, 1.82) is 0 Å². The summed E-state index contributed by atoms with van der Waals surface area (Å²) in [7, 11) is -4.34. The smallest absolute Gasteiger partial charge is 0.357 e. The van der Waals surface area contributed by atoms with Crippen molar-refractivity contribution in [3.63, 3.8) is 0 Å². The molecule has 7 nitrogen and oxygen atoms in total. The first kappa shape index (κ1) is 22.4. The zero-order chi connectivity index (χ0) is 21.9. The third kappa shape index (κ3) is 6.36. The van der Waals surface area contributed by atoms with Crippen LogP contribution in [0.15, 0.2) is 46.5 Å². The maximum absolute atomic E-state index is 12.9. The molecule has 0 amide bonds. The molecule has 30 heavy (non-hydrogen) atoms. The maximum Gasteiger partial charge on any atom is 0.357 e. The van der Waals surface area contributed by atoms with Crippen molar-refractivity contribution in [3.8, 4) is 11.3 Å². The zero-order valence-electron chi connectivity index (χ0n) is 16.7. The Hall–Kier alpha value is -2.27. The second-order valence-electron chi connectivity index (χ2n) is 7.65. The molecule has 160 valence electrons. The summed E-state index contributed by atoms with van der Waals surface area (Å²) in [5, 5.41) is 6.56. The van der Waals surface area contributed by atoms with Crippen LogP contribution >= 0.6 is 22.7 Å². The molecular weight excluding hydrogens is 444 g/mol. The highest BCUT2D eigenvalue weighted by atomic mass is 32.2. The van der Waals surface area contributed by atoms with Crippen LogP contribution in [-0.2, 0) is 26.3 Å². The van der Waals surface area contributed by atoms with Crippen molar-refractivity contribution in [2.24, 2.45) is 0 Å². The van der Waals surface area contributed by atoms with E-state index in [9.17, 15) is 13.2 Å². The monoisotopic (exact) mass is 466 g/mol. The molecule has 3 aromatic rings. The molecule has 0 aliphatic heterocycles. The molecule has 2 aromatic heterocycles. The van der Waals surface area contributed by atoms with E-state index >= 15 is 0 Å². The first-order valence-electron chi connectivity index (χ1n) is 9.05. The van der Waals surface area contributed by atoms with Crippen LogP contribution in [0.3, 0.4) is 0 Å². The number of carbonyl (C=O) groups is 1. The average molecular weight is 467 g/mol. The van der Waals surface area contributed by atoms with E-state index < -0.39 is 21.8 Å². The summed E-state index contributed by atoms with van der Waals surface area (Å²) in [5.41, 5.74) is 2.22. The molecule has 0 radical (unpaired) electrons. The molecular formula is C20H22N2O5S3. The minimum atomic E-state index is -4.34. The lowest BCUT2D eigenvalue weighted by molar-refractivity contribution is -0.156. The molecule has 0 unspecified atom stereocenters.